The third kappa shape index (κ3) is 3.23. The van der Waals surface area contributed by atoms with Crippen LogP contribution in [0.1, 0.15) is 21.6 Å². The number of carbonyl (C=O) groups excluding carboxylic acids is 1. The number of halogens is 1. The number of rotatable bonds is 3. The van der Waals surface area contributed by atoms with Crippen molar-refractivity contribution in [1.29, 1.82) is 0 Å². The quantitative estimate of drug-likeness (QED) is 0.785. The predicted octanol–water partition coefficient (Wildman–Crippen LogP) is 3.14. The standard InChI is InChI=1S/C19H18N4O.ClH/c20-17-13-21-23-11-10-22(19(24)18(17)23)16-8-6-15(7-9-16)12-14-4-2-1-3-5-14;/h1-9,13H,10-12,20H2;1H. The van der Waals surface area contributed by atoms with Gasteiger partial charge in [0, 0.05) is 12.2 Å². The summed E-state index contributed by atoms with van der Waals surface area (Å²) >= 11 is 0. The number of nitrogens with two attached hydrogens (primary N) is 1. The van der Waals surface area contributed by atoms with E-state index in [2.05, 4.69) is 29.4 Å². The van der Waals surface area contributed by atoms with Crippen LogP contribution < -0.4 is 10.6 Å². The lowest BCUT2D eigenvalue weighted by atomic mass is 10.0. The summed E-state index contributed by atoms with van der Waals surface area (Å²) in [4.78, 5) is 14.4. The summed E-state index contributed by atoms with van der Waals surface area (Å²) in [5.74, 6) is -0.0907. The van der Waals surface area contributed by atoms with E-state index in [0.717, 1.165) is 12.1 Å². The van der Waals surface area contributed by atoms with Crippen LogP contribution in [0.25, 0.3) is 0 Å². The fourth-order valence-electron chi connectivity index (χ4n) is 3.10. The van der Waals surface area contributed by atoms with Gasteiger partial charge in [0.1, 0.15) is 5.69 Å². The Hall–Kier alpha value is -2.79. The first-order chi connectivity index (χ1) is 11.7. The van der Waals surface area contributed by atoms with Gasteiger partial charge in [-0.2, -0.15) is 5.10 Å². The molecule has 0 radical (unpaired) electrons. The maximum absolute atomic E-state index is 12.7. The largest absolute Gasteiger partial charge is 0.396 e. The molecule has 25 heavy (non-hydrogen) atoms. The third-order valence-electron chi connectivity index (χ3n) is 4.35. The van der Waals surface area contributed by atoms with E-state index in [9.17, 15) is 4.79 Å². The monoisotopic (exact) mass is 354 g/mol. The SMILES string of the molecule is Cl.Nc1cnn2c1C(=O)N(c1ccc(Cc3ccccc3)cc1)CC2. The zero-order valence-electron chi connectivity index (χ0n) is 13.6. The van der Waals surface area contributed by atoms with Crippen molar-refractivity contribution in [3.8, 4) is 0 Å². The van der Waals surface area contributed by atoms with Gasteiger partial charge in [0.15, 0.2) is 0 Å². The fraction of sp³-hybridized carbons (Fsp3) is 0.158. The number of carbonyl (C=O) groups is 1. The molecule has 2 aromatic carbocycles. The van der Waals surface area contributed by atoms with E-state index in [-0.39, 0.29) is 18.3 Å². The van der Waals surface area contributed by atoms with Gasteiger partial charge in [0.2, 0.25) is 0 Å². The van der Waals surface area contributed by atoms with Crippen molar-refractivity contribution in [3.05, 3.63) is 77.6 Å². The molecular formula is C19H19ClN4O. The maximum atomic E-state index is 12.7. The van der Waals surface area contributed by atoms with E-state index >= 15 is 0 Å². The first-order valence-corrected chi connectivity index (χ1v) is 7.98. The number of nitrogens with zero attached hydrogens (tertiary/aromatic N) is 3. The van der Waals surface area contributed by atoms with Crippen LogP contribution in [-0.4, -0.2) is 22.2 Å². The molecule has 0 saturated heterocycles. The molecule has 4 rings (SSSR count). The average molecular weight is 355 g/mol. The number of nitrogen functional groups attached to an aromatic ring is 1. The molecule has 0 spiro atoms. The van der Waals surface area contributed by atoms with Crippen LogP contribution in [-0.2, 0) is 13.0 Å². The Morgan fingerprint density at radius 2 is 1.64 bits per heavy atom. The number of fused-ring (bicyclic) bond motifs is 1. The molecule has 0 atom stereocenters. The lowest BCUT2D eigenvalue weighted by Gasteiger charge is -2.28. The Labute approximate surface area is 152 Å². The first kappa shape index (κ1) is 17.0. The van der Waals surface area contributed by atoms with Gasteiger partial charge in [-0.25, -0.2) is 0 Å². The Kier molecular flexibility index (Phi) is 4.76. The highest BCUT2D eigenvalue weighted by molar-refractivity contribution is 6.08. The lowest BCUT2D eigenvalue weighted by Crippen LogP contribution is -2.40. The van der Waals surface area contributed by atoms with Crippen LogP contribution in [0.3, 0.4) is 0 Å². The topological polar surface area (TPSA) is 64.1 Å². The Balaban J connectivity index is 0.00000182. The van der Waals surface area contributed by atoms with Gasteiger partial charge in [-0.05, 0) is 29.7 Å². The van der Waals surface area contributed by atoms with Gasteiger partial charge < -0.3 is 10.6 Å². The molecule has 0 fully saturated rings. The minimum Gasteiger partial charge on any atom is -0.396 e. The third-order valence-corrected chi connectivity index (χ3v) is 4.35. The van der Waals surface area contributed by atoms with Gasteiger partial charge in [0.05, 0.1) is 18.4 Å². The van der Waals surface area contributed by atoms with Crippen molar-refractivity contribution < 1.29 is 4.79 Å². The molecule has 1 amide bonds. The number of hydrogen-bond acceptors (Lipinski definition) is 3. The van der Waals surface area contributed by atoms with Gasteiger partial charge >= 0.3 is 0 Å². The van der Waals surface area contributed by atoms with Crippen LogP contribution in [0.5, 0.6) is 0 Å². The Morgan fingerprint density at radius 1 is 0.960 bits per heavy atom. The van der Waals surface area contributed by atoms with Gasteiger partial charge in [-0.3, -0.25) is 9.48 Å². The van der Waals surface area contributed by atoms with Crippen molar-refractivity contribution >= 4 is 29.7 Å². The van der Waals surface area contributed by atoms with Crippen molar-refractivity contribution in [3.63, 3.8) is 0 Å². The molecule has 128 valence electrons. The lowest BCUT2D eigenvalue weighted by molar-refractivity contribution is 0.0963. The van der Waals surface area contributed by atoms with Crippen molar-refractivity contribution in [2.45, 2.75) is 13.0 Å². The number of benzene rings is 2. The molecule has 3 aromatic rings. The molecule has 1 aliphatic rings. The molecule has 6 heteroatoms. The number of aromatic nitrogens is 2. The smallest absolute Gasteiger partial charge is 0.278 e. The second kappa shape index (κ2) is 6.99. The van der Waals surface area contributed by atoms with E-state index in [1.54, 1.807) is 15.8 Å². The molecule has 0 aliphatic carbocycles. The van der Waals surface area contributed by atoms with Gasteiger partial charge in [-0.15, -0.1) is 12.4 Å². The van der Waals surface area contributed by atoms with Crippen molar-refractivity contribution in [1.82, 2.24) is 9.78 Å². The molecule has 5 nitrogen and oxygen atoms in total. The van der Waals surface area contributed by atoms with Crippen LogP contribution >= 0.6 is 12.4 Å². The second-order valence-corrected chi connectivity index (χ2v) is 5.96. The van der Waals surface area contributed by atoms with E-state index in [1.807, 2.05) is 30.3 Å². The Bertz CT molecular complexity index is 874. The summed E-state index contributed by atoms with van der Waals surface area (Å²) < 4.78 is 1.68. The Morgan fingerprint density at radius 3 is 2.36 bits per heavy atom. The average Bonchev–Trinajstić information content (AvgIpc) is 2.99. The van der Waals surface area contributed by atoms with E-state index < -0.39 is 0 Å². The maximum Gasteiger partial charge on any atom is 0.278 e. The molecule has 1 aromatic heterocycles. The molecular weight excluding hydrogens is 336 g/mol. The summed E-state index contributed by atoms with van der Waals surface area (Å²) in [6, 6.07) is 18.5. The summed E-state index contributed by atoms with van der Waals surface area (Å²) in [5.41, 5.74) is 10.2. The fourth-order valence-corrected chi connectivity index (χ4v) is 3.10. The molecule has 0 saturated carbocycles. The van der Waals surface area contributed by atoms with E-state index in [1.165, 1.54) is 11.1 Å². The van der Waals surface area contributed by atoms with Crippen LogP contribution in [0.2, 0.25) is 0 Å². The zero-order chi connectivity index (χ0) is 16.5. The molecule has 0 bridgehead atoms. The molecule has 1 aliphatic heterocycles. The molecule has 2 N–H and O–H groups in total. The van der Waals surface area contributed by atoms with Gasteiger partial charge in [-0.1, -0.05) is 42.5 Å². The van der Waals surface area contributed by atoms with Crippen LogP contribution in [0.15, 0.2) is 60.8 Å². The van der Waals surface area contributed by atoms with Crippen molar-refractivity contribution in [2.75, 3.05) is 17.2 Å². The summed E-state index contributed by atoms with van der Waals surface area (Å²) in [7, 11) is 0. The summed E-state index contributed by atoms with van der Waals surface area (Å²) in [6.07, 6.45) is 2.43. The predicted molar refractivity (Wildman–Crippen MR) is 101 cm³/mol. The zero-order valence-corrected chi connectivity index (χ0v) is 14.4. The minimum atomic E-state index is -0.0907. The highest BCUT2D eigenvalue weighted by atomic mass is 35.5. The highest BCUT2D eigenvalue weighted by Crippen LogP contribution is 2.24. The number of amides is 1. The normalized spacial score (nSPS) is 13.3. The first-order valence-electron chi connectivity index (χ1n) is 7.98. The number of hydrogen-bond donors (Lipinski definition) is 1. The van der Waals surface area contributed by atoms with E-state index in [0.29, 0.717) is 24.5 Å². The highest BCUT2D eigenvalue weighted by Gasteiger charge is 2.28. The van der Waals surface area contributed by atoms with Crippen LogP contribution in [0, 0.1) is 0 Å². The summed E-state index contributed by atoms with van der Waals surface area (Å²) in [6.45, 7) is 1.26. The van der Waals surface area contributed by atoms with Gasteiger partial charge in [0.25, 0.3) is 5.91 Å². The molecule has 0 unspecified atom stereocenters. The minimum absolute atomic E-state index is 0. The number of anilines is 2. The summed E-state index contributed by atoms with van der Waals surface area (Å²) in [5, 5.41) is 4.14. The van der Waals surface area contributed by atoms with Crippen molar-refractivity contribution in [2.24, 2.45) is 0 Å². The second-order valence-electron chi connectivity index (χ2n) is 5.96. The van der Waals surface area contributed by atoms with E-state index in [4.69, 9.17) is 5.73 Å². The molecule has 2 heterocycles. The van der Waals surface area contributed by atoms with Crippen LogP contribution in [0.4, 0.5) is 11.4 Å².